The van der Waals surface area contributed by atoms with E-state index in [9.17, 15) is 18.9 Å². The topological polar surface area (TPSA) is 131 Å². The second kappa shape index (κ2) is 14.2. The molecule has 2 aromatic carbocycles. The summed E-state index contributed by atoms with van der Waals surface area (Å²) in [6.45, 7) is 9.92. The van der Waals surface area contributed by atoms with Gasteiger partial charge in [0.1, 0.15) is 28.6 Å². The van der Waals surface area contributed by atoms with E-state index in [1.54, 1.807) is 36.4 Å². The molecule has 0 aromatic heterocycles. The normalized spacial score (nSPS) is 23.8. The Labute approximate surface area is 260 Å². The Kier molecular flexibility index (Phi) is 10.9. The van der Waals surface area contributed by atoms with Crippen LogP contribution in [-0.2, 0) is 26.5 Å². The Bertz CT molecular complexity index is 1490. The zero-order chi connectivity index (χ0) is 31.2. The van der Waals surface area contributed by atoms with Crippen LogP contribution in [0.5, 0.6) is 5.75 Å². The summed E-state index contributed by atoms with van der Waals surface area (Å²) in [5.74, 6) is 0.123. The number of fused-ring (bicyclic) bond motifs is 1. The fraction of sp³-hybridized carbons (Fsp3) is 0.455. The van der Waals surface area contributed by atoms with E-state index in [4.69, 9.17) is 21.5 Å². The van der Waals surface area contributed by atoms with Gasteiger partial charge >= 0.3 is 0 Å². The number of carbonyl (C=O) groups is 2. The Balaban J connectivity index is 1.60. The van der Waals surface area contributed by atoms with Gasteiger partial charge in [-0.1, -0.05) is 36.7 Å². The fourth-order valence-electron chi connectivity index (χ4n) is 6.13. The Morgan fingerprint density at radius 3 is 2.77 bits per heavy atom. The number of allylic oxidation sites excluding steroid dienone is 1. The van der Waals surface area contributed by atoms with E-state index in [0.717, 1.165) is 43.1 Å². The number of aliphatic hydroxyl groups is 1. The summed E-state index contributed by atoms with van der Waals surface area (Å²) in [5, 5.41) is 20.2. The number of nitrogens with one attached hydrogen (secondary N) is 1. The monoisotopic (exact) mass is 627 g/mol. The first-order valence-electron chi connectivity index (χ1n) is 14.7. The SMILES string of the molecule is C=CC[C@H](C)CS(N)(=O)=NC(=O)c1ccc(OC[C@@]2(C=O)CCCc3cc(Cl)ccc32)c(NC[C@@H]2CC[C@H]2[C@@H](O)C=C)c1. The fourth-order valence-corrected chi connectivity index (χ4v) is 7.73. The minimum absolute atomic E-state index is 0.0352. The molecule has 0 bridgehead atoms. The number of aryl methyl sites for hydroxylation is 1. The number of hydrogen-bond acceptors (Lipinski definition) is 6. The number of aldehydes is 1. The number of rotatable bonds is 14. The van der Waals surface area contributed by atoms with E-state index in [1.165, 1.54) is 0 Å². The summed E-state index contributed by atoms with van der Waals surface area (Å²) < 4.78 is 23.1. The van der Waals surface area contributed by atoms with Crippen molar-refractivity contribution in [2.75, 3.05) is 24.2 Å². The summed E-state index contributed by atoms with van der Waals surface area (Å²) in [7, 11) is -3.24. The lowest BCUT2D eigenvalue weighted by Gasteiger charge is -2.39. The molecule has 0 heterocycles. The van der Waals surface area contributed by atoms with Gasteiger partial charge in [0, 0.05) is 22.9 Å². The molecule has 1 saturated carbocycles. The van der Waals surface area contributed by atoms with E-state index in [1.807, 2.05) is 19.1 Å². The third-order valence-electron chi connectivity index (χ3n) is 8.65. The van der Waals surface area contributed by atoms with E-state index in [0.29, 0.717) is 35.8 Å². The molecule has 4 rings (SSSR count). The zero-order valence-electron chi connectivity index (χ0n) is 24.7. The van der Waals surface area contributed by atoms with Crippen molar-refractivity contribution in [3.8, 4) is 5.75 Å². The van der Waals surface area contributed by atoms with Gasteiger partial charge in [-0.2, -0.15) is 0 Å². The number of ether oxygens (including phenoxy) is 1. The first-order valence-corrected chi connectivity index (χ1v) is 16.9. The Morgan fingerprint density at radius 1 is 1.30 bits per heavy atom. The maximum Gasteiger partial charge on any atom is 0.286 e. The quantitative estimate of drug-likeness (QED) is 0.177. The number of nitrogens with zero attached hydrogens (tertiary/aromatic N) is 1. The number of carbonyl (C=O) groups excluding carboxylic acids is 2. The zero-order valence-corrected chi connectivity index (χ0v) is 26.2. The van der Waals surface area contributed by atoms with Gasteiger partial charge in [0.25, 0.3) is 5.91 Å². The maximum atomic E-state index is 13.1. The summed E-state index contributed by atoms with van der Waals surface area (Å²) in [4.78, 5) is 25.7. The van der Waals surface area contributed by atoms with E-state index >= 15 is 0 Å². The van der Waals surface area contributed by atoms with Crippen LogP contribution in [0.1, 0.15) is 60.5 Å². The lowest BCUT2D eigenvalue weighted by molar-refractivity contribution is -0.114. The van der Waals surface area contributed by atoms with Crippen molar-refractivity contribution in [2.24, 2.45) is 27.3 Å². The number of anilines is 1. The van der Waals surface area contributed by atoms with Crippen LogP contribution in [0.15, 0.2) is 66.1 Å². The molecule has 1 fully saturated rings. The van der Waals surface area contributed by atoms with Crippen molar-refractivity contribution in [3.63, 3.8) is 0 Å². The second-order valence-electron chi connectivity index (χ2n) is 11.9. The van der Waals surface area contributed by atoms with Gasteiger partial charge in [0.05, 0.1) is 17.2 Å². The summed E-state index contributed by atoms with van der Waals surface area (Å²) >= 11 is 6.23. The van der Waals surface area contributed by atoms with Gasteiger partial charge in [0.2, 0.25) is 0 Å². The summed E-state index contributed by atoms with van der Waals surface area (Å²) in [6.07, 6.45) is 8.42. The molecule has 10 heteroatoms. The number of nitrogens with two attached hydrogens (primary N) is 1. The van der Waals surface area contributed by atoms with Gasteiger partial charge in [-0.05, 0) is 97.7 Å². The molecule has 0 radical (unpaired) electrons. The van der Waals surface area contributed by atoms with Gasteiger partial charge in [-0.25, -0.2) is 9.35 Å². The van der Waals surface area contributed by atoms with Crippen LogP contribution in [0, 0.1) is 17.8 Å². The second-order valence-corrected chi connectivity index (χ2v) is 14.3. The van der Waals surface area contributed by atoms with Crippen molar-refractivity contribution in [1.82, 2.24) is 0 Å². The van der Waals surface area contributed by atoms with Crippen molar-refractivity contribution in [3.05, 3.63) is 83.4 Å². The van der Waals surface area contributed by atoms with Crippen LogP contribution in [-0.4, -0.2) is 46.5 Å². The van der Waals surface area contributed by atoms with Crippen LogP contribution in [0.3, 0.4) is 0 Å². The predicted molar refractivity (Wildman–Crippen MR) is 173 cm³/mol. The molecule has 2 aromatic rings. The van der Waals surface area contributed by atoms with Gasteiger partial charge in [0.15, 0.2) is 0 Å². The standard InChI is InChI=1S/C33H42ClN3O5S/c1-4-7-22(3)19-43(35,41)37-32(40)24-10-14-31(29(17-24)36-18-25-9-12-27(25)30(39)5-2)42-21-33(20-38)15-6-8-23-16-26(34)11-13-28(23)33/h4-5,10-11,13-14,16-17,20,22,25,27,30,36,39H,1-2,6-9,12,15,18-19,21H2,3H3,(H2,35,37,40,41)/t22-,25-,27+,30-,33-,43?/m0/s1. The summed E-state index contributed by atoms with van der Waals surface area (Å²) in [6, 6.07) is 10.4. The molecule has 2 aliphatic carbocycles. The van der Waals surface area contributed by atoms with E-state index in [2.05, 4.69) is 22.8 Å². The highest BCUT2D eigenvalue weighted by molar-refractivity contribution is 7.91. The maximum absolute atomic E-state index is 13.1. The van der Waals surface area contributed by atoms with Crippen LogP contribution in [0.2, 0.25) is 5.02 Å². The Hall–Kier alpha value is -2.98. The van der Waals surface area contributed by atoms with Crippen molar-refractivity contribution in [1.29, 1.82) is 0 Å². The Morgan fingerprint density at radius 2 is 2.09 bits per heavy atom. The highest BCUT2D eigenvalue weighted by Crippen LogP contribution is 2.40. The molecular formula is C33H42ClN3O5S. The van der Waals surface area contributed by atoms with Crippen molar-refractivity contribution < 1.29 is 23.6 Å². The summed E-state index contributed by atoms with van der Waals surface area (Å²) in [5.41, 5.74) is 1.87. The number of amides is 1. The van der Waals surface area contributed by atoms with Crippen LogP contribution in [0.4, 0.5) is 5.69 Å². The third-order valence-corrected chi connectivity index (χ3v) is 10.4. The van der Waals surface area contributed by atoms with Crippen LogP contribution in [0.25, 0.3) is 0 Å². The average molecular weight is 628 g/mol. The number of aliphatic hydroxyl groups excluding tert-OH is 1. The van der Waals surface area contributed by atoms with E-state index in [-0.39, 0.29) is 35.7 Å². The molecule has 1 unspecified atom stereocenters. The minimum Gasteiger partial charge on any atom is -0.490 e. The lowest BCUT2D eigenvalue weighted by Crippen LogP contribution is -2.39. The minimum atomic E-state index is -3.24. The molecule has 0 saturated heterocycles. The van der Waals surface area contributed by atoms with Crippen molar-refractivity contribution >= 4 is 39.4 Å². The van der Waals surface area contributed by atoms with Crippen LogP contribution < -0.4 is 15.2 Å². The molecule has 0 spiro atoms. The first kappa shape index (κ1) is 32.9. The lowest BCUT2D eigenvalue weighted by atomic mass is 9.70. The molecule has 43 heavy (non-hydrogen) atoms. The van der Waals surface area contributed by atoms with Crippen molar-refractivity contribution in [2.45, 2.75) is 57.0 Å². The van der Waals surface area contributed by atoms with Gasteiger partial charge in [-0.15, -0.1) is 17.5 Å². The first-order chi connectivity index (χ1) is 20.5. The smallest absolute Gasteiger partial charge is 0.286 e. The van der Waals surface area contributed by atoms with Gasteiger partial charge in [-0.3, -0.25) is 4.79 Å². The third kappa shape index (κ3) is 7.95. The highest BCUT2D eigenvalue weighted by Gasteiger charge is 2.38. The molecule has 232 valence electrons. The largest absolute Gasteiger partial charge is 0.490 e. The highest BCUT2D eigenvalue weighted by atomic mass is 35.5. The molecule has 4 N–H and O–H groups in total. The molecule has 2 aliphatic rings. The van der Waals surface area contributed by atoms with Gasteiger partial charge < -0.3 is 20.0 Å². The number of benzene rings is 2. The molecule has 6 atom stereocenters. The number of hydrogen-bond donors (Lipinski definition) is 3. The van der Waals surface area contributed by atoms with E-state index < -0.39 is 27.3 Å². The van der Waals surface area contributed by atoms with Crippen LogP contribution >= 0.6 is 11.6 Å². The average Bonchev–Trinajstić information content (AvgIpc) is 2.95. The molecule has 0 aliphatic heterocycles. The molecule has 8 nitrogen and oxygen atoms in total. The predicted octanol–water partition coefficient (Wildman–Crippen LogP) is 5.87. The number of halogens is 1. The molecular weight excluding hydrogens is 586 g/mol. The molecule has 1 amide bonds.